The Balaban J connectivity index is 1.77. The number of aliphatic hydroxyl groups is 1. The fraction of sp³-hybridized carbons (Fsp3) is 0.615. The fourth-order valence-corrected chi connectivity index (χ4v) is 5.83. The maximum absolute atomic E-state index is 14.3. The second kappa shape index (κ2) is 10.2. The second-order valence-corrected chi connectivity index (χ2v) is 12.2. The van der Waals surface area contributed by atoms with E-state index in [2.05, 4.69) is 20.6 Å². The van der Waals surface area contributed by atoms with Crippen molar-refractivity contribution in [3.63, 3.8) is 0 Å². The van der Waals surface area contributed by atoms with Gasteiger partial charge in [0.1, 0.15) is 11.5 Å². The highest BCUT2D eigenvalue weighted by molar-refractivity contribution is 7.17. The van der Waals surface area contributed by atoms with E-state index in [0.717, 1.165) is 43.4 Å². The maximum atomic E-state index is 14.3. The highest BCUT2D eigenvalue weighted by atomic mass is 32.1. The van der Waals surface area contributed by atoms with Gasteiger partial charge < -0.3 is 20.6 Å². The minimum absolute atomic E-state index is 0.00416. The van der Waals surface area contributed by atoms with Gasteiger partial charge in [0.25, 0.3) is 18.2 Å². The van der Waals surface area contributed by atoms with E-state index in [1.807, 2.05) is 25.7 Å². The number of carbonyl (C=O) groups is 2. The van der Waals surface area contributed by atoms with Crippen molar-refractivity contribution in [2.75, 3.05) is 11.9 Å². The zero-order chi connectivity index (χ0) is 27.1. The topological polar surface area (TPSA) is 107 Å². The third kappa shape index (κ3) is 5.93. The van der Waals surface area contributed by atoms with Crippen molar-refractivity contribution in [1.82, 2.24) is 20.2 Å². The van der Waals surface area contributed by atoms with Gasteiger partial charge in [-0.3, -0.25) is 9.59 Å². The van der Waals surface area contributed by atoms with E-state index in [4.69, 9.17) is 0 Å². The number of halogens is 2. The summed E-state index contributed by atoms with van der Waals surface area (Å²) in [4.78, 5) is 37.3. The Morgan fingerprint density at radius 2 is 1.81 bits per heavy atom. The predicted octanol–water partition coefficient (Wildman–Crippen LogP) is 5.01. The predicted molar refractivity (Wildman–Crippen MR) is 139 cm³/mol. The minimum Gasteiger partial charge on any atom is -0.389 e. The van der Waals surface area contributed by atoms with Gasteiger partial charge in [-0.1, -0.05) is 6.92 Å². The van der Waals surface area contributed by atoms with E-state index in [1.54, 1.807) is 13.8 Å². The summed E-state index contributed by atoms with van der Waals surface area (Å²) in [5.74, 6) is -0.609. The number of amides is 2. The molecular formula is C26H35F2N5O3S. The summed E-state index contributed by atoms with van der Waals surface area (Å²) in [5.41, 5.74) is -1.69. The molecule has 0 saturated carbocycles. The molecule has 2 aromatic rings. The van der Waals surface area contributed by atoms with Crippen molar-refractivity contribution in [3.8, 4) is 10.4 Å². The van der Waals surface area contributed by atoms with E-state index in [0.29, 0.717) is 5.82 Å². The number of hydrogen-bond donors (Lipinski definition) is 3. The van der Waals surface area contributed by atoms with Gasteiger partial charge in [0.2, 0.25) is 0 Å². The summed E-state index contributed by atoms with van der Waals surface area (Å²) >= 11 is 0.890. The van der Waals surface area contributed by atoms with E-state index < -0.39 is 17.9 Å². The van der Waals surface area contributed by atoms with E-state index >= 15 is 0 Å². The number of alkyl halides is 2. The van der Waals surface area contributed by atoms with Crippen LogP contribution in [-0.4, -0.2) is 61.6 Å². The molecule has 2 amide bonds. The number of thiazole rings is 1. The molecule has 0 unspecified atom stereocenters. The van der Waals surface area contributed by atoms with Gasteiger partial charge in [0.15, 0.2) is 5.01 Å². The monoisotopic (exact) mass is 535 g/mol. The largest absolute Gasteiger partial charge is 0.389 e. The van der Waals surface area contributed by atoms with E-state index in [1.165, 1.54) is 12.3 Å². The molecule has 0 radical (unpaired) electrons. The van der Waals surface area contributed by atoms with Crippen LogP contribution in [0.25, 0.3) is 10.4 Å². The van der Waals surface area contributed by atoms with Gasteiger partial charge >= 0.3 is 0 Å². The Hall–Kier alpha value is -2.66. The number of anilines is 1. The lowest BCUT2D eigenvalue weighted by molar-refractivity contribution is 0.0692. The lowest BCUT2D eigenvalue weighted by Gasteiger charge is -2.25. The summed E-state index contributed by atoms with van der Waals surface area (Å²) in [7, 11) is 0. The molecule has 2 aliphatic heterocycles. The Kier molecular flexibility index (Phi) is 7.58. The molecule has 2 fully saturated rings. The highest BCUT2D eigenvalue weighted by Crippen LogP contribution is 2.42. The summed E-state index contributed by atoms with van der Waals surface area (Å²) in [5, 5.41) is 15.7. The number of nitrogens with one attached hydrogen (secondary N) is 2. The van der Waals surface area contributed by atoms with Crippen LogP contribution in [0.2, 0.25) is 0 Å². The Bertz CT molecular complexity index is 1160. The lowest BCUT2D eigenvalue weighted by Crippen LogP contribution is -2.38. The number of nitrogens with zero attached hydrogens (tertiary/aromatic N) is 3. The van der Waals surface area contributed by atoms with Crippen LogP contribution < -0.4 is 10.6 Å². The quantitative estimate of drug-likeness (QED) is 0.417. The molecule has 11 heteroatoms. The normalized spacial score (nSPS) is 19.5. The molecule has 0 spiro atoms. The van der Waals surface area contributed by atoms with Gasteiger partial charge in [-0.2, -0.15) is 0 Å². The summed E-state index contributed by atoms with van der Waals surface area (Å²) in [6.07, 6.45) is 2.90. The van der Waals surface area contributed by atoms with Crippen LogP contribution in [0.15, 0.2) is 12.3 Å². The third-order valence-electron chi connectivity index (χ3n) is 7.16. The first kappa shape index (κ1) is 27.4. The van der Waals surface area contributed by atoms with Crippen LogP contribution in [0.3, 0.4) is 0 Å². The average Bonchev–Trinajstić information content (AvgIpc) is 3.56. The molecular weight excluding hydrogens is 500 g/mol. The van der Waals surface area contributed by atoms with E-state index in [9.17, 15) is 23.5 Å². The van der Waals surface area contributed by atoms with Crippen LogP contribution in [0.1, 0.15) is 99.0 Å². The average molecular weight is 536 g/mol. The van der Waals surface area contributed by atoms with Crippen molar-refractivity contribution in [2.24, 2.45) is 0 Å². The maximum Gasteiger partial charge on any atom is 0.280 e. The van der Waals surface area contributed by atoms with Crippen LogP contribution in [0.5, 0.6) is 0 Å². The Morgan fingerprint density at radius 3 is 2.35 bits per heavy atom. The first-order chi connectivity index (χ1) is 17.3. The molecule has 202 valence electrons. The number of carbonyl (C=O) groups excluding carboxylic acids is 2. The van der Waals surface area contributed by atoms with Crippen LogP contribution in [0.4, 0.5) is 14.6 Å². The zero-order valence-electron chi connectivity index (χ0n) is 21.9. The molecule has 37 heavy (non-hydrogen) atoms. The molecule has 0 aromatic carbocycles. The van der Waals surface area contributed by atoms with Crippen molar-refractivity contribution >= 4 is 29.0 Å². The fourth-order valence-electron chi connectivity index (χ4n) is 4.83. The molecule has 3 N–H and O–H groups in total. The number of rotatable bonds is 9. The lowest BCUT2D eigenvalue weighted by atomic mass is 10.0. The van der Waals surface area contributed by atoms with Gasteiger partial charge in [0, 0.05) is 41.5 Å². The smallest absolute Gasteiger partial charge is 0.280 e. The van der Waals surface area contributed by atoms with Gasteiger partial charge in [-0.25, -0.2) is 18.7 Å². The summed E-state index contributed by atoms with van der Waals surface area (Å²) in [6.45, 7) is 8.96. The molecule has 0 atom stereocenters. The highest BCUT2D eigenvalue weighted by Gasteiger charge is 2.44. The summed E-state index contributed by atoms with van der Waals surface area (Å²) in [6, 6.07) is 1.52. The van der Waals surface area contributed by atoms with Crippen molar-refractivity contribution < 1.29 is 23.5 Å². The molecule has 4 rings (SSSR count). The Labute approximate surface area is 219 Å². The number of hydrogen-bond acceptors (Lipinski definition) is 7. The van der Waals surface area contributed by atoms with Gasteiger partial charge in [-0.15, -0.1) is 11.3 Å². The van der Waals surface area contributed by atoms with Crippen LogP contribution in [-0.2, 0) is 0 Å². The third-order valence-corrected chi connectivity index (χ3v) is 8.25. The molecule has 2 saturated heterocycles. The Morgan fingerprint density at radius 1 is 1.19 bits per heavy atom. The standard InChI is InChI=1S/C26H35F2N5O3S/c1-6-25(2,3)32-18-11-16(21(27)28)17(12-29-18)20-19(24(35)33-14-7-8-15(33)10-9-14)31-23(37-20)22(34)30-13-26(4,5)36/h11-12,14-15,21,36H,6-10,13H2,1-5H3,(H,29,32)(H,30,34)/t14-,15-. The zero-order valence-corrected chi connectivity index (χ0v) is 22.7. The number of fused-ring (bicyclic) bond motifs is 2. The summed E-state index contributed by atoms with van der Waals surface area (Å²) < 4.78 is 28.6. The second-order valence-electron chi connectivity index (χ2n) is 11.2. The van der Waals surface area contributed by atoms with Crippen molar-refractivity contribution in [1.29, 1.82) is 0 Å². The van der Waals surface area contributed by atoms with Crippen LogP contribution >= 0.6 is 11.3 Å². The minimum atomic E-state index is -2.83. The van der Waals surface area contributed by atoms with Crippen molar-refractivity contribution in [3.05, 3.63) is 28.5 Å². The molecule has 2 bridgehead atoms. The van der Waals surface area contributed by atoms with Crippen LogP contribution in [0, 0.1) is 0 Å². The van der Waals surface area contributed by atoms with Crippen molar-refractivity contribution in [2.45, 2.75) is 96.4 Å². The molecule has 8 nitrogen and oxygen atoms in total. The molecule has 2 aliphatic rings. The van der Waals surface area contributed by atoms with Gasteiger partial charge in [0.05, 0.1) is 10.5 Å². The molecule has 2 aromatic heterocycles. The first-order valence-corrected chi connectivity index (χ1v) is 13.5. The molecule has 4 heterocycles. The van der Waals surface area contributed by atoms with E-state index in [-0.39, 0.29) is 56.8 Å². The SMILES string of the molecule is CCC(C)(C)Nc1cc(C(F)F)c(-c2sc(C(=O)NCC(C)(C)O)nc2C(=O)N2[C@H]3CC[C@H]2CC3)cn1. The number of aromatic nitrogens is 2. The number of pyridine rings is 1. The van der Waals surface area contributed by atoms with Gasteiger partial charge in [-0.05, 0) is 65.9 Å². The first-order valence-electron chi connectivity index (χ1n) is 12.7. The molecule has 0 aliphatic carbocycles.